The summed E-state index contributed by atoms with van der Waals surface area (Å²) in [7, 11) is 0. The van der Waals surface area contributed by atoms with Gasteiger partial charge in [-0.25, -0.2) is 0 Å². The van der Waals surface area contributed by atoms with Crippen LogP contribution >= 0.6 is 0 Å². The second kappa shape index (κ2) is 6.96. The van der Waals surface area contributed by atoms with Crippen LogP contribution in [0, 0.1) is 0 Å². The third-order valence-electron chi connectivity index (χ3n) is 2.54. The number of Topliss-reactive ketones (excluding diaryl/α,β-unsaturated/α-hetero) is 1. The largest absolute Gasteiger partial charge is 0.411 e. The van der Waals surface area contributed by atoms with Gasteiger partial charge in [-0.2, -0.15) is 13.2 Å². The highest BCUT2D eigenvalue weighted by Gasteiger charge is 2.27. The van der Waals surface area contributed by atoms with E-state index in [0.29, 0.717) is 25.9 Å². The van der Waals surface area contributed by atoms with Crippen LogP contribution in [0.5, 0.6) is 0 Å². The zero-order valence-electron chi connectivity index (χ0n) is 9.59. The second-order valence-electron chi connectivity index (χ2n) is 4.13. The standard InChI is InChI=1S/C11H17F3O3/c12-11(13,14)8-16-6-1-7-17-10-4-2-9(15)3-5-10/h10H,1-8H2. The van der Waals surface area contributed by atoms with Crippen molar-refractivity contribution in [3.8, 4) is 0 Å². The molecule has 100 valence electrons. The fourth-order valence-electron chi connectivity index (χ4n) is 1.68. The topological polar surface area (TPSA) is 35.5 Å². The first kappa shape index (κ1) is 14.4. The molecule has 0 bridgehead atoms. The molecule has 0 atom stereocenters. The minimum absolute atomic E-state index is 0.0468. The van der Waals surface area contributed by atoms with Crippen molar-refractivity contribution >= 4 is 5.78 Å². The lowest BCUT2D eigenvalue weighted by Crippen LogP contribution is -2.22. The van der Waals surface area contributed by atoms with E-state index < -0.39 is 12.8 Å². The molecule has 0 amide bonds. The van der Waals surface area contributed by atoms with Crippen molar-refractivity contribution in [2.24, 2.45) is 0 Å². The maximum atomic E-state index is 11.7. The molecule has 0 radical (unpaired) electrons. The molecule has 1 aliphatic carbocycles. The van der Waals surface area contributed by atoms with Gasteiger partial charge in [0.05, 0.1) is 6.10 Å². The Hall–Kier alpha value is -0.620. The molecule has 0 aromatic rings. The molecule has 0 aromatic heterocycles. The van der Waals surface area contributed by atoms with E-state index >= 15 is 0 Å². The van der Waals surface area contributed by atoms with E-state index in [2.05, 4.69) is 4.74 Å². The van der Waals surface area contributed by atoms with Crippen LogP contribution < -0.4 is 0 Å². The van der Waals surface area contributed by atoms with Crippen LogP contribution in [0.15, 0.2) is 0 Å². The molecule has 0 aromatic carbocycles. The van der Waals surface area contributed by atoms with Crippen molar-refractivity contribution < 1.29 is 27.4 Å². The molecule has 0 N–H and O–H groups in total. The van der Waals surface area contributed by atoms with Crippen molar-refractivity contribution in [3.05, 3.63) is 0 Å². The van der Waals surface area contributed by atoms with Crippen molar-refractivity contribution in [1.82, 2.24) is 0 Å². The Morgan fingerprint density at radius 2 is 1.82 bits per heavy atom. The second-order valence-corrected chi connectivity index (χ2v) is 4.13. The molecule has 3 nitrogen and oxygen atoms in total. The van der Waals surface area contributed by atoms with Crippen molar-refractivity contribution in [3.63, 3.8) is 0 Å². The van der Waals surface area contributed by atoms with E-state index in [-0.39, 0.29) is 18.5 Å². The summed E-state index contributed by atoms with van der Waals surface area (Å²) in [5.41, 5.74) is 0. The minimum Gasteiger partial charge on any atom is -0.378 e. The van der Waals surface area contributed by atoms with Gasteiger partial charge in [-0.1, -0.05) is 0 Å². The van der Waals surface area contributed by atoms with Crippen LogP contribution in [0.25, 0.3) is 0 Å². The normalized spacial score (nSPS) is 18.6. The predicted molar refractivity (Wildman–Crippen MR) is 54.7 cm³/mol. The van der Waals surface area contributed by atoms with Gasteiger partial charge in [-0.05, 0) is 19.3 Å². The van der Waals surface area contributed by atoms with Crippen LogP contribution in [0.2, 0.25) is 0 Å². The fraction of sp³-hybridized carbons (Fsp3) is 0.909. The molecule has 1 saturated carbocycles. The summed E-state index contributed by atoms with van der Waals surface area (Å²) < 4.78 is 45.0. The number of ether oxygens (including phenoxy) is 2. The first-order valence-corrected chi connectivity index (χ1v) is 5.75. The maximum absolute atomic E-state index is 11.7. The highest BCUT2D eigenvalue weighted by Crippen LogP contribution is 2.18. The first-order chi connectivity index (χ1) is 7.97. The smallest absolute Gasteiger partial charge is 0.378 e. The van der Waals surface area contributed by atoms with Gasteiger partial charge in [-0.3, -0.25) is 4.79 Å². The van der Waals surface area contributed by atoms with E-state index in [9.17, 15) is 18.0 Å². The van der Waals surface area contributed by atoms with Gasteiger partial charge < -0.3 is 9.47 Å². The predicted octanol–water partition coefficient (Wildman–Crippen LogP) is 2.48. The van der Waals surface area contributed by atoms with E-state index in [1.807, 2.05) is 0 Å². The van der Waals surface area contributed by atoms with Gasteiger partial charge in [0.1, 0.15) is 12.4 Å². The number of hydrogen-bond acceptors (Lipinski definition) is 3. The lowest BCUT2D eigenvalue weighted by Gasteiger charge is -2.21. The number of hydrogen-bond donors (Lipinski definition) is 0. The third kappa shape index (κ3) is 7.33. The Balaban J connectivity index is 1.92. The molecule has 6 heteroatoms. The quantitative estimate of drug-likeness (QED) is 0.683. The number of halogens is 3. The van der Waals surface area contributed by atoms with Crippen LogP contribution in [-0.4, -0.2) is 37.9 Å². The zero-order valence-corrected chi connectivity index (χ0v) is 9.59. The Kier molecular flexibility index (Phi) is 5.91. The molecule has 0 aliphatic heterocycles. The fourth-order valence-corrected chi connectivity index (χ4v) is 1.68. The maximum Gasteiger partial charge on any atom is 0.411 e. The van der Waals surface area contributed by atoms with Crippen LogP contribution in [0.3, 0.4) is 0 Å². The molecule has 1 fully saturated rings. The van der Waals surface area contributed by atoms with Gasteiger partial charge in [0.2, 0.25) is 0 Å². The average molecular weight is 254 g/mol. The summed E-state index contributed by atoms with van der Waals surface area (Å²) in [4.78, 5) is 10.9. The van der Waals surface area contributed by atoms with Gasteiger partial charge >= 0.3 is 6.18 Å². The van der Waals surface area contributed by atoms with Gasteiger partial charge in [0, 0.05) is 26.1 Å². The summed E-state index contributed by atoms with van der Waals surface area (Å²) in [6.07, 6.45) is -1.18. The monoisotopic (exact) mass is 254 g/mol. The third-order valence-corrected chi connectivity index (χ3v) is 2.54. The van der Waals surface area contributed by atoms with E-state index in [4.69, 9.17) is 4.74 Å². The molecule has 1 rings (SSSR count). The molecule has 0 saturated heterocycles. The first-order valence-electron chi connectivity index (χ1n) is 5.75. The SMILES string of the molecule is O=C1CCC(OCCCOCC(F)(F)F)CC1. The van der Waals surface area contributed by atoms with E-state index in [1.165, 1.54) is 0 Å². The Morgan fingerprint density at radius 1 is 1.18 bits per heavy atom. The average Bonchev–Trinajstić information content (AvgIpc) is 2.24. The Bertz CT molecular complexity index is 231. The van der Waals surface area contributed by atoms with Gasteiger partial charge in [0.15, 0.2) is 0 Å². The number of rotatable bonds is 6. The highest BCUT2D eigenvalue weighted by molar-refractivity contribution is 5.79. The Labute approximate surface area is 98.3 Å². The molecule has 0 heterocycles. The van der Waals surface area contributed by atoms with Crippen LogP contribution in [-0.2, 0) is 14.3 Å². The van der Waals surface area contributed by atoms with Gasteiger partial charge in [-0.15, -0.1) is 0 Å². The zero-order chi connectivity index (χ0) is 12.7. The van der Waals surface area contributed by atoms with Crippen molar-refractivity contribution in [2.45, 2.75) is 44.4 Å². The number of alkyl halides is 3. The lowest BCUT2D eigenvalue weighted by atomic mass is 9.96. The van der Waals surface area contributed by atoms with Crippen LogP contribution in [0.1, 0.15) is 32.1 Å². The molecule has 1 aliphatic rings. The minimum atomic E-state index is -4.26. The molecule has 0 spiro atoms. The van der Waals surface area contributed by atoms with Crippen molar-refractivity contribution in [1.29, 1.82) is 0 Å². The summed E-state index contributed by atoms with van der Waals surface area (Å²) in [6.45, 7) is -0.771. The summed E-state index contributed by atoms with van der Waals surface area (Å²) in [5.74, 6) is 0.262. The molecule has 0 unspecified atom stereocenters. The number of carbonyl (C=O) groups is 1. The summed E-state index contributed by atoms with van der Waals surface area (Å²) in [6, 6.07) is 0. The highest BCUT2D eigenvalue weighted by atomic mass is 19.4. The molecular weight excluding hydrogens is 237 g/mol. The van der Waals surface area contributed by atoms with Crippen LogP contribution in [0.4, 0.5) is 13.2 Å². The summed E-state index contributed by atoms with van der Waals surface area (Å²) in [5, 5.41) is 0. The van der Waals surface area contributed by atoms with E-state index in [1.54, 1.807) is 0 Å². The van der Waals surface area contributed by atoms with Crippen molar-refractivity contribution in [2.75, 3.05) is 19.8 Å². The van der Waals surface area contributed by atoms with E-state index in [0.717, 1.165) is 12.8 Å². The number of carbonyl (C=O) groups excluding carboxylic acids is 1. The number of ketones is 1. The Morgan fingerprint density at radius 3 is 2.41 bits per heavy atom. The lowest BCUT2D eigenvalue weighted by molar-refractivity contribution is -0.174. The van der Waals surface area contributed by atoms with Gasteiger partial charge in [0.25, 0.3) is 0 Å². The molecule has 17 heavy (non-hydrogen) atoms. The summed E-state index contributed by atoms with van der Waals surface area (Å²) >= 11 is 0. The molecular formula is C11H17F3O3.